The van der Waals surface area contributed by atoms with Crippen LogP contribution in [0.25, 0.3) is 0 Å². The van der Waals surface area contributed by atoms with Crippen molar-refractivity contribution in [2.75, 3.05) is 26.6 Å². The summed E-state index contributed by atoms with van der Waals surface area (Å²) in [5.74, 6) is 1.82. The van der Waals surface area contributed by atoms with Crippen molar-refractivity contribution in [3.05, 3.63) is 53.6 Å². The third kappa shape index (κ3) is 5.47. The van der Waals surface area contributed by atoms with E-state index in [4.69, 9.17) is 9.47 Å². The summed E-state index contributed by atoms with van der Waals surface area (Å²) in [5, 5.41) is 2.99. The van der Waals surface area contributed by atoms with Crippen molar-refractivity contribution < 1.29 is 14.3 Å². The molecule has 0 aliphatic rings. The van der Waals surface area contributed by atoms with Crippen molar-refractivity contribution in [1.82, 2.24) is 4.90 Å². The maximum atomic E-state index is 12.6. The summed E-state index contributed by atoms with van der Waals surface area (Å²) in [5.41, 5.74) is 3.12. The smallest absolute Gasteiger partial charge is 0.241 e. The molecule has 0 saturated heterocycles. The van der Waals surface area contributed by atoms with Crippen molar-refractivity contribution in [1.29, 1.82) is 0 Å². The van der Waals surface area contributed by atoms with E-state index in [1.54, 1.807) is 14.2 Å². The summed E-state index contributed by atoms with van der Waals surface area (Å²) in [7, 11) is 5.17. The minimum absolute atomic E-state index is 0.0322. The predicted molar refractivity (Wildman–Crippen MR) is 110 cm³/mol. The zero-order chi connectivity index (χ0) is 20.0. The molecule has 0 spiro atoms. The largest absolute Gasteiger partial charge is 0.493 e. The monoisotopic (exact) mass is 370 g/mol. The Bertz CT molecular complexity index is 757. The fourth-order valence-electron chi connectivity index (χ4n) is 2.80. The van der Waals surface area contributed by atoms with Gasteiger partial charge in [-0.25, -0.2) is 0 Å². The molecule has 2 rings (SSSR count). The molecule has 0 aliphatic carbocycles. The number of hydrogen-bond acceptors (Lipinski definition) is 4. The highest BCUT2D eigenvalue weighted by Gasteiger charge is 2.19. The van der Waals surface area contributed by atoms with Gasteiger partial charge in [0, 0.05) is 12.2 Å². The van der Waals surface area contributed by atoms with E-state index in [0.29, 0.717) is 24.0 Å². The lowest BCUT2D eigenvalue weighted by molar-refractivity contribution is -0.120. The molecule has 5 nitrogen and oxygen atoms in total. The van der Waals surface area contributed by atoms with Gasteiger partial charge in [0.15, 0.2) is 11.5 Å². The summed E-state index contributed by atoms with van der Waals surface area (Å²) < 4.78 is 10.6. The van der Waals surface area contributed by atoms with Gasteiger partial charge in [-0.3, -0.25) is 9.69 Å². The normalized spacial score (nSPS) is 12.1. The Labute approximate surface area is 162 Å². The van der Waals surface area contributed by atoms with Gasteiger partial charge in [-0.2, -0.15) is 0 Å². The average Bonchev–Trinajstić information content (AvgIpc) is 2.67. The molecular formula is C22H30N2O3. The van der Waals surface area contributed by atoms with Crippen LogP contribution in [0.3, 0.4) is 0 Å². The number of amides is 1. The van der Waals surface area contributed by atoms with Gasteiger partial charge in [0.25, 0.3) is 0 Å². The summed E-state index contributed by atoms with van der Waals surface area (Å²) in [6, 6.07) is 13.5. The zero-order valence-corrected chi connectivity index (χ0v) is 17.1. The van der Waals surface area contributed by atoms with Crippen LogP contribution < -0.4 is 14.8 Å². The number of rotatable bonds is 8. The fourth-order valence-corrected chi connectivity index (χ4v) is 2.80. The average molecular weight is 370 g/mol. The molecule has 0 fully saturated rings. The second kappa shape index (κ2) is 9.42. The second-order valence-electron chi connectivity index (χ2n) is 7.05. The molecule has 0 bridgehead atoms. The summed E-state index contributed by atoms with van der Waals surface area (Å²) in [4.78, 5) is 14.6. The standard InChI is InChI=1S/C22H30N2O3/c1-15(2)18-8-10-19(11-9-18)23-22(25)16(3)24(4)14-17-7-12-20(26-5)21(13-17)27-6/h7-13,15-16H,14H2,1-6H3,(H,23,25). The maximum Gasteiger partial charge on any atom is 0.241 e. The minimum atomic E-state index is -0.275. The third-order valence-corrected chi connectivity index (χ3v) is 4.77. The molecule has 1 N–H and O–H groups in total. The number of nitrogens with one attached hydrogen (secondary N) is 1. The van der Waals surface area contributed by atoms with Gasteiger partial charge in [-0.1, -0.05) is 32.0 Å². The van der Waals surface area contributed by atoms with E-state index in [0.717, 1.165) is 11.3 Å². The molecule has 0 aromatic heterocycles. The Balaban J connectivity index is 1.99. The molecule has 0 radical (unpaired) electrons. The number of carbonyl (C=O) groups is 1. The third-order valence-electron chi connectivity index (χ3n) is 4.77. The van der Waals surface area contributed by atoms with Crippen molar-refractivity contribution >= 4 is 11.6 Å². The van der Waals surface area contributed by atoms with Crippen molar-refractivity contribution in [3.8, 4) is 11.5 Å². The molecule has 146 valence electrons. The van der Waals surface area contributed by atoms with E-state index < -0.39 is 0 Å². The summed E-state index contributed by atoms with van der Waals surface area (Å²) in [6.07, 6.45) is 0. The number of nitrogens with zero attached hydrogens (tertiary/aromatic N) is 1. The molecule has 1 amide bonds. The van der Waals surface area contributed by atoms with Gasteiger partial charge in [0.05, 0.1) is 20.3 Å². The Morgan fingerprint density at radius 1 is 1.00 bits per heavy atom. The van der Waals surface area contributed by atoms with Crippen LogP contribution in [0.2, 0.25) is 0 Å². The first-order valence-corrected chi connectivity index (χ1v) is 9.17. The van der Waals surface area contributed by atoms with Crippen LogP contribution in [-0.4, -0.2) is 38.1 Å². The highest BCUT2D eigenvalue weighted by Crippen LogP contribution is 2.28. The Hall–Kier alpha value is -2.53. The topological polar surface area (TPSA) is 50.8 Å². The summed E-state index contributed by atoms with van der Waals surface area (Å²) >= 11 is 0. The van der Waals surface area contributed by atoms with Crippen LogP contribution in [0.4, 0.5) is 5.69 Å². The zero-order valence-electron chi connectivity index (χ0n) is 17.1. The minimum Gasteiger partial charge on any atom is -0.493 e. The van der Waals surface area contributed by atoms with Gasteiger partial charge in [-0.05, 0) is 55.3 Å². The van der Waals surface area contributed by atoms with Gasteiger partial charge < -0.3 is 14.8 Å². The molecule has 0 saturated carbocycles. The van der Waals surface area contributed by atoms with E-state index in [-0.39, 0.29) is 11.9 Å². The van der Waals surface area contributed by atoms with Crippen molar-refractivity contribution in [3.63, 3.8) is 0 Å². The quantitative estimate of drug-likeness (QED) is 0.753. The van der Waals surface area contributed by atoms with Crippen LogP contribution in [0, 0.1) is 0 Å². The summed E-state index contributed by atoms with van der Waals surface area (Å²) in [6.45, 7) is 6.83. The maximum absolute atomic E-state index is 12.6. The number of methoxy groups -OCH3 is 2. The second-order valence-corrected chi connectivity index (χ2v) is 7.05. The number of hydrogen-bond donors (Lipinski definition) is 1. The van der Waals surface area contributed by atoms with E-state index >= 15 is 0 Å². The van der Waals surface area contributed by atoms with Crippen LogP contribution >= 0.6 is 0 Å². The van der Waals surface area contributed by atoms with Gasteiger partial charge in [0.1, 0.15) is 0 Å². The Kier molecular flexibility index (Phi) is 7.25. The predicted octanol–water partition coefficient (Wildman–Crippen LogP) is 4.29. The number of anilines is 1. The Morgan fingerprint density at radius 2 is 1.63 bits per heavy atom. The van der Waals surface area contributed by atoms with Crippen molar-refractivity contribution in [2.45, 2.75) is 39.3 Å². The highest BCUT2D eigenvalue weighted by atomic mass is 16.5. The lowest BCUT2D eigenvalue weighted by Gasteiger charge is -2.24. The lowest BCUT2D eigenvalue weighted by atomic mass is 10.0. The van der Waals surface area contributed by atoms with Gasteiger partial charge in [-0.15, -0.1) is 0 Å². The Morgan fingerprint density at radius 3 is 2.19 bits per heavy atom. The van der Waals surface area contributed by atoms with E-state index in [2.05, 4.69) is 31.3 Å². The van der Waals surface area contributed by atoms with E-state index in [1.165, 1.54) is 5.56 Å². The van der Waals surface area contributed by atoms with E-state index in [1.807, 2.05) is 49.2 Å². The van der Waals surface area contributed by atoms with Crippen LogP contribution in [0.1, 0.15) is 37.8 Å². The molecule has 2 aromatic rings. The SMILES string of the molecule is COc1ccc(CN(C)C(C)C(=O)Nc2ccc(C(C)C)cc2)cc1OC. The highest BCUT2D eigenvalue weighted by molar-refractivity contribution is 5.94. The van der Waals surface area contributed by atoms with Crippen LogP contribution in [0.15, 0.2) is 42.5 Å². The lowest BCUT2D eigenvalue weighted by Crippen LogP contribution is -2.39. The number of benzene rings is 2. The molecule has 1 atom stereocenters. The number of carbonyl (C=O) groups excluding carboxylic acids is 1. The molecule has 5 heteroatoms. The first-order valence-electron chi connectivity index (χ1n) is 9.17. The van der Waals surface area contributed by atoms with Gasteiger partial charge in [0.2, 0.25) is 5.91 Å². The first kappa shape index (κ1) is 20.8. The van der Waals surface area contributed by atoms with Crippen molar-refractivity contribution in [2.24, 2.45) is 0 Å². The molecule has 27 heavy (non-hydrogen) atoms. The number of likely N-dealkylation sites (N-methyl/N-ethyl adjacent to an activating group) is 1. The first-order chi connectivity index (χ1) is 12.8. The van der Waals surface area contributed by atoms with Crippen LogP contribution in [0.5, 0.6) is 11.5 Å². The number of ether oxygens (including phenoxy) is 2. The molecule has 0 heterocycles. The fraction of sp³-hybridized carbons (Fsp3) is 0.409. The van der Waals surface area contributed by atoms with Gasteiger partial charge >= 0.3 is 0 Å². The molecule has 1 unspecified atom stereocenters. The molecular weight excluding hydrogens is 340 g/mol. The molecule has 2 aromatic carbocycles. The van der Waals surface area contributed by atoms with Crippen LogP contribution in [-0.2, 0) is 11.3 Å². The van der Waals surface area contributed by atoms with E-state index in [9.17, 15) is 4.79 Å². The molecule has 0 aliphatic heterocycles.